The van der Waals surface area contributed by atoms with Crippen molar-refractivity contribution >= 4 is 29.3 Å². The Kier molecular flexibility index (Phi) is 7.99. The van der Waals surface area contributed by atoms with Crippen LogP contribution in [0.1, 0.15) is 53.6 Å². The van der Waals surface area contributed by atoms with Crippen LogP contribution in [-0.4, -0.2) is 29.2 Å². The second-order valence-electron chi connectivity index (χ2n) is 6.54. The molecule has 3 N–H and O–H groups in total. The van der Waals surface area contributed by atoms with Crippen LogP contribution in [0, 0.1) is 0 Å². The fourth-order valence-corrected chi connectivity index (χ4v) is 3.47. The molecule has 0 spiro atoms. The second kappa shape index (κ2) is 10.4. The van der Waals surface area contributed by atoms with E-state index in [-0.39, 0.29) is 17.3 Å². The molecule has 9 heteroatoms. The molecule has 2 aromatic rings. The van der Waals surface area contributed by atoms with E-state index in [0.29, 0.717) is 17.9 Å². The zero-order valence-corrected chi connectivity index (χ0v) is 17.6. The average Bonchev–Trinajstić information content (AvgIpc) is 3.14. The van der Waals surface area contributed by atoms with E-state index in [1.807, 2.05) is 0 Å². The lowest BCUT2D eigenvalue weighted by Crippen LogP contribution is -2.16. The van der Waals surface area contributed by atoms with E-state index < -0.39 is 28.8 Å². The van der Waals surface area contributed by atoms with Crippen LogP contribution < -0.4 is 15.7 Å². The maximum absolute atomic E-state index is 12.7. The van der Waals surface area contributed by atoms with E-state index in [2.05, 4.69) is 5.32 Å². The first kappa shape index (κ1) is 23.0. The number of carbonyl (C=O) groups excluding carboxylic acids is 1. The van der Waals surface area contributed by atoms with Crippen molar-refractivity contribution in [3.05, 3.63) is 62.7 Å². The maximum Gasteiger partial charge on any atom is 0.408 e. The third-order valence-electron chi connectivity index (χ3n) is 4.27. The van der Waals surface area contributed by atoms with Crippen LogP contribution in [-0.2, 0) is 0 Å². The van der Waals surface area contributed by atoms with Crippen molar-refractivity contribution in [1.29, 1.82) is 0 Å². The molecular weight excluding hydrogens is 410 g/mol. The molecule has 0 aliphatic heterocycles. The zero-order chi connectivity index (χ0) is 22.3. The van der Waals surface area contributed by atoms with Crippen LogP contribution in [0.3, 0.4) is 0 Å². The summed E-state index contributed by atoms with van der Waals surface area (Å²) in [6.45, 7) is 3.36. The number of Topliss-reactive ketones (excluding diaryl/α,β-unsaturated/α-hetero) is 1. The number of rotatable bonds is 9. The van der Waals surface area contributed by atoms with Gasteiger partial charge in [0.1, 0.15) is 17.1 Å². The summed E-state index contributed by atoms with van der Waals surface area (Å²) in [7, 11) is 1.55. The van der Waals surface area contributed by atoms with E-state index in [0.717, 1.165) is 4.88 Å². The van der Waals surface area contributed by atoms with Crippen molar-refractivity contribution in [3.8, 4) is 10.8 Å². The van der Waals surface area contributed by atoms with Gasteiger partial charge in [0, 0.05) is 23.1 Å². The Labute approximate surface area is 177 Å². The molecule has 0 aliphatic carbocycles. The van der Waals surface area contributed by atoms with Gasteiger partial charge in [0.2, 0.25) is 0 Å². The van der Waals surface area contributed by atoms with Crippen molar-refractivity contribution in [1.82, 2.24) is 5.32 Å². The largest absolute Gasteiger partial charge is 0.507 e. The average molecular weight is 433 g/mol. The topological polar surface area (TPSA) is 126 Å². The van der Waals surface area contributed by atoms with E-state index >= 15 is 0 Å². The molecule has 0 saturated carbocycles. The second-order valence-corrected chi connectivity index (χ2v) is 7.62. The Morgan fingerprint density at radius 3 is 2.70 bits per heavy atom. The first-order valence-corrected chi connectivity index (χ1v) is 9.92. The van der Waals surface area contributed by atoms with Gasteiger partial charge in [0.25, 0.3) is 0 Å². The van der Waals surface area contributed by atoms with E-state index in [1.54, 1.807) is 45.2 Å². The number of aromatic hydroxyl groups is 1. The van der Waals surface area contributed by atoms with Gasteiger partial charge in [-0.2, -0.15) is 0 Å². The number of nitrogens with one attached hydrogen (secondary N) is 1. The molecule has 0 aliphatic rings. The van der Waals surface area contributed by atoms with Gasteiger partial charge in [0.15, 0.2) is 10.8 Å². The molecule has 30 heavy (non-hydrogen) atoms. The number of amides is 1. The molecule has 0 fully saturated rings. The molecule has 1 atom stereocenters. The lowest BCUT2D eigenvalue weighted by atomic mass is 10.00. The van der Waals surface area contributed by atoms with Gasteiger partial charge in [0.05, 0.1) is 7.11 Å². The smallest absolute Gasteiger partial charge is 0.408 e. The quantitative estimate of drug-likeness (QED) is 0.396. The fourth-order valence-electron chi connectivity index (χ4n) is 2.65. The summed E-state index contributed by atoms with van der Waals surface area (Å²) in [5.41, 5.74) is -1.03. The van der Waals surface area contributed by atoms with Crippen LogP contribution in [0.5, 0.6) is 10.8 Å². The molecule has 2 heterocycles. The lowest BCUT2D eigenvalue weighted by molar-refractivity contribution is 0.102. The molecule has 2 aromatic heterocycles. The number of ketones is 1. The van der Waals surface area contributed by atoms with E-state index in [9.17, 15) is 19.5 Å². The molecular formula is C21H23NO7S. The molecule has 0 bridgehead atoms. The van der Waals surface area contributed by atoms with Crippen LogP contribution in [0.15, 0.2) is 45.3 Å². The molecule has 1 unspecified atom stereocenters. The number of hydrogen-bond acceptors (Lipinski definition) is 7. The minimum absolute atomic E-state index is 0.225. The Hall–Kier alpha value is -3.33. The summed E-state index contributed by atoms with van der Waals surface area (Å²) in [5.74, 6) is -1.02. The predicted molar refractivity (Wildman–Crippen MR) is 113 cm³/mol. The van der Waals surface area contributed by atoms with Crippen LogP contribution in [0.2, 0.25) is 0 Å². The van der Waals surface area contributed by atoms with Crippen molar-refractivity contribution in [2.24, 2.45) is 0 Å². The van der Waals surface area contributed by atoms with Gasteiger partial charge < -0.3 is 19.4 Å². The molecule has 8 nitrogen and oxygen atoms in total. The number of carbonyl (C=O) groups is 2. The Morgan fingerprint density at radius 2 is 2.10 bits per heavy atom. The van der Waals surface area contributed by atoms with Gasteiger partial charge in [-0.15, -0.1) is 0 Å². The van der Waals surface area contributed by atoms with Crippen LogP contribution in [0.4, 0.5) is 4.79 Å². The highest BCUT2D eigenvalue weighted by Crippen LogP contribution is 2.28. The predicted octanol–water partition coefficient (Wildman–Crippen LogP) is 4.37. The summed E-state index contributed by atoms with van der Waals surface area (Å²) in [4.78, 5) is 36.2. The van der Waals surface area contributed by atoms with Gasteiger partial charge >= 0.3 is 11.7 Å². The van der Waals surface area contributed by atoms with Gasteiger partial charge in [-0.05, 0) is 43.5 Å². The third kappa shape index (κ3) is 6.08. The summed E-state index contributed by atoms with van der Waals surface area (Å²) < 4.78 is 10.4. The summed E-state index contributed by atoms with van der Waals surface area (Å²) in [6.07, 6.45) is 4.48. The number of ether oxygens (including phenoxy) is 1. The third-order valence-corrected chi connectivity index (χ3v) is 5.27. The van der Waals surface area contributed by atoms with E-state index in [4.69, 9.17) is 14.3 Å². The van der Waals surface area contributed by atoms with Crippen molar-refractivity contribution in [2.75, 3.05) is 7.11 Å². The first-order chi connectivity index (χ1) is 14.2. The van der Waals surface area contributed by atoms with Crippen molar-refractivity contribution < 1.29 is 29.0 Å². The number of allylic oxidation sites excluding steroid dienone is 2. The summed E-state index contributed by atoms with van der Waals surface area (Å²) in [6, 6.07) is 4.83. The Morgan fingerprint density at radius 1 is 1.37 bits per heavy atom. The fraction of sp³-hybridized carbons (Fsp3) is 0.286. The minimum atomic E-state index is -1.15. The number of methoxy groups -OCH3 is 1. The molecule has 1 amide bonds. The van der Waals surface area contributed by atoms with E-state index in [1.165, 1.54) is 23.6 Å². The van der Waals surface area contributed by atoms with Crippen LogP contribution in [0.25, 0.3) is 6.08 Å². The standard InChI is InChI=1S/C21H23NO7S/c1-12(6-4-5-9-22-21(26)27)16-11-15(23)18(20(25)29-16)19(24)13(2)10-14-7-8-17(28-3)30-14/h5,7-12,22-23H,4,6H2,1-3H3,(H,26,27)/b9-5+,13-10?. The summed E-state index contributed by atoms with van der Waals surface area (Å²) in [5, 5.41) is 21.6. The maximum atomic E-state index is 12.7. The highest BCUT2D eigenvalue weighted by atomic mass is 32.1. The summed E-state index contributed by atoms with van der Waals surface area (Å²) >= 11 is 1.34. The number of thiophene rings is 1. The normalized spacial score (nSPS) is 12.7. The minimum Gasteiger partial charge on any atom is -0.507 e. The van der Waals surface area contributed by atoms with Gasteiger partial charge in [-0.3, -0.25) is 10.1 Å². The Bertz CT molecular complexity index is 1030. The molecule has 0 aromatic carbocycles. The molecule has 0 radical (unpaired) electrons. The zero-order valence-electron chi connectivity index (χ0n) is 16.8. The highest BCUT2D eigenvalue weighted by molar-refractivity contribution is 7.14. The molecule has 2 rings (SSSR count). The Balaban J connectivity index is 2.15. The van der Waals surface area contributed by atoms with Gasteiger partial charge in [-0.1, -0.05) is 24.3 Å². The lowest BCUT2D eigenvalue weighted by Gasteiger charge is -2.11. The number of hydrogen-bond donors (Lipinski definition) is 3. The molecule has 0 saturated heterocycles. The van der Waals surface area contributed by atoms with Gasteiger partial charge in [-0.25, -0.2) is 9.59 Å². The molecule has 160 valence electrons. The van der Waals surface area contributed by atoms with Crippen molar-refractivity contribution in [2.45, 2.75) is 32.6 Å². The van der Waals surface area contributed by atoms with Crippen molar-refractivity contribution in [3.63, 3.8) is 0 Å². The monoisotopic (exact) mass is 433 g/mol. The highest BCUT2D eigenvalue weighted by Gasteiger charge is 2.22. The number of carboxylic acid groups (broad SMARTS) is 1. The SMILES string of the molecule is COc1ccc(C=C(C)C(=O)c2c(O)cc(C(C)CC/C=C/NC(=O)O)oc2=O)s1. The van der Waals surface area contributed by atoms with Crippen LogP contribution >= 0.6 is 11.3 Å². The first-order valence-electron chi connectivity index (χ1n) is 9.11.